The van der Waals surface area contributed by atoms with Gasteiger partial charge in [0.25, 0.3) is 0 Å². The van der Waals surface area contributed by atoms with Crippen molar-refractivity contribution in [1.82, 2.24) is 4.90 Å². The Kier molecular flexibility index (Phi) is 5.02. The smallest absolute Gasteiger partial charge is 0.136 e. The van der Waals surface area contributed by atoms with Crippen molar-refractivity contribution >= 4 is 5.78 Å². The molecule has 110 valence electrons. The van der Waals surface area contributed by atoms with Crippen molar-refractivity contribution in [3.8, 4) is 0 Å². The molecule has 2 atom stereocenters. The van der Waals surface area contributed by atoms with E-state index in [4.69, 9.17) is 4.74 Å². The maximum Gasteiger partial charge on any atom is 0.136 e. The Labute approximate surface area is 117 Å². The fourth-order valence-electron chi connectivity index (χ4n) is 3.34. The van der Waals surface area contributed by atoms with Crippen LogP contribution in [0.5, 0.6) is 0 Å². The number of rotatable bonds is 3. The standard InChI is InChI=1S/C16H29NO2/c1-16(2,3)14-4-5-15(18)13(12-14)6-7-17-8-10-19-11-9-17/h13-14H,4-12H2,1-3H3. The Hall–Kier alpha value is -0.410. The van der Waals surface area contributed by atoms with Crippen molar-refractivity contribution in [1.29, 1.82) is 0 Å². The van der Waals surface area contributed by atoms with Crippen LogP contribution in [0.3, 0.4) is 0 Å². The second-order valence-corrected chi connectivity index (χ2v) is 7.24. The van der Waals surface area contributed by atoms with E-state index in [9.17, 15) is 4.79 Å². The molecule has 3 heteroatoms. The SMILES string of the molecule is CC(C)(C)C1CCC(=O)C(CCN2CCOCC2)C1. The molecule has 0 spiro atoms. The lowest BCUT2D eigenvalue weighted by molar-refractivity contribution is -0.127. The second-order valence-electron chi connectivity index (χ2n) is 7.24. The van der Waals surface area contributed by atoms with Crippen LogP contribution in [0.4, 0.5) is 0 Å². The molecule has 0 aromatic carbocycles. The number of morpholine rings is 1. The summed E-state index contributed by atoms with van der Waals surface area (Å²) in [5.41, 5.74) is 0.345. The highest BCUT2D eigenvalue weighted by molar-refractivity contribution is 5.81. The summed E-state index contributed by atoms with van der Waals surface area (Å²) in [6.45, 7) is 11.8. The van der Waals surface area contributed by atoms with Crippen LogP contribution in [0.1, 0.15) is 46.5 Å². The van der Waals surface area contributed by atoms with E-state index in [0.717, 1.165) is 58.5 Å². The van der Waals surface area contributed by atoms with Gasteiger partial charge in [0.2, 0.25) is 0 Å². The van der Waals surface area contributed by atoms with Crippen LogP contribution in [0.25, 0.3) is 0 Å². The lowest BCUT2D eigenvalue weighted by Crippen LogP contribution is -2.39. The summed E-state index contributed by atoms with van der Waals surface area (Å²) in [5, 5.41) is 0. The molecular weight excluding hydrogens is 238 g/mol. The van der Waals surface area contributed by atoms with Crippen LogP contribution in [-0.4, -0.2) is 43.5 Å². The Balaban J connectivity index is 1.81. The number of ketones is 1. The van der Waals surface area contributed by atoms with Gasteiger partial charge in [-0.3, -0.25) is 9.69 Å². The van der Waals surface area contributed by atoms with E-state index in [0.29, 0.717) is 23.0 Å². The zero-order valence-corrected chi connectivity index (χ0v) is 12.8. The zero-order chi connectivity index (χ0) is 13.9. The number of hydrogen-bond donors (Lipinski definition) is 0. The first kappa shape index (κ1) is 15.0. The van der Waals surface area contributed by atoms with Crippen molar-refractivity contribution in [2.75, 3.05) is 32.8 Å². The van der Waals surface area contributed by atoms with Crippen LogP contribution in [0.2, 0.25) is 0 Å². The molecule has 1 aliphatic carbocycles. The lowest BCUT2D eigenvalue weighted by Gasteiger charge is -2.37. The normalized spacial score (nSPS) is 30.6. The monoisotopic (exact) mass is 267 g/mol. The summed E-state index contributed by atoms with van der Waals surface area (Å²) >= 11 is 0. The Morgan fingerprint density at radius 1 is 1.26 bits per heavy atom. The molecule has 0 N–H and O–H groups in total. The van der Waals surface area contributed by atoms with Gasteiger partial charge in [0.1, 0.15) is 5.78 Å². The third kappa shape index (κ3) is 4.28. The van der Waals surface area contributed by atoms with Crippen LogP contribution in [0, 0.1) is 17.3 Å². The van der Waals surface area contributed by atoms with Gasteiger partial charge >= 0.3 is 0 Å². The summed E-state index contributed by atoms with van der Waals surface area (Å²) in [6, 6.07) is 0. The molecule has 0 bridgehead atoms. The molecule has 2 unspecified atom stereocenters. The summed E-state index contributed by atoms with van der Waals surface area (Å²) < 4.78 is 5.37. The van der Waals surface area contributed by atoms with Crippen LogP contribution in [0.15, 0.2) is 0 Å². The van der Waals surface area contributed by atoms with Gasteiger partial charge in [-0.2, -0.15) is 0 Å². The molecule has 0 aromatic heterocycles. The molecule has 1 aliphatic heterocycles. The molecule has 0 amide bonds. The number of nitrogens with zero attached hydrogens (tertiary/aromatic N) is 1. The minimum absolute atomic E-state index is 0.306. The third-order valence-electron chi connectivity index (χ3n) is 4.89. The summed E-state index contributed by atoms with van der Waals surface area (Å²) in [6.07, 6.45) is 4.05. The van der Waals surface area contributed by atoms with Crippen molar-refractivity contribution in [3.63, 3.8) is 0 Å². The second kappa shape index (κ2) is 6.36. The third-order valence-corrected chi connectivity index (χ3v) is 4.89. The van der Waals surface area contributed by atoms with Crippen molar-refractivity contribution in [2.45, 2.75) is 46.5 Å². The molecule has 2 fully saturated rings. The molecule has 0 radical (unpaired) electrons. The molecule has 1 heterocycles. The van der Waals surface area contributed by atoms with E-state index in [1.54, 1.807) is 0 Å². The van der Waals surface area contributed by atoms with Gasteiger partial charge in [-0.05, 0) is 37.1 Å². The molecule has 1 saturated heterocycles. The van der Waals surface area contributed by atoms with Crippen molar-refractivity contribution in [3.05, 3.63) is 0 Å². The number of hydrogen-bond acceptors (Lipinski definition) is 3. The van der Waals surface area contributed by atoms with Gasteiger partial charge < -0.3 is 4.74 Å². The topological polar surface area (TPSA) is 29.5 Å². The zero-order valence-electron chi connectivity index (χ0n) is 12.8. The minimum Gasteiger partial charge on any atom is -0.379 e. The van der Waals surface area contributed by atoms with Crippen LogP contribution >= 0.6 is 0 Å². The average molecular weight is 267 g/mol. The van der Waals surface area contributed by atoms with Gasteiger partial charge in [0.15, 0.2) is 0 Å². The highest BCUT2D eigenvalue weighted by Gasteiger charge is 2.34. The molecule has 2 aliphatic rings. The highest BCUT2D eigenvalue weighted by atomic mass is 16.5. The molecule has 19 heavy (non-hydrogen) atoms. The van der Waals surface area contributed by atoms with E-state index in [1.807, 2.05) is 0 Å². The van der Waals surface area contributed by atoms with Crippen LogP contribution < -0.4 is 0 Å². The van der Waals surface area contributed by atoms with E-state index < -0.39 is 0 Å². The summed E-state index contributed by atoms with van der Waals surface area (Å²) in [4.78, 5) is 14.5. The fraction of sp³-hybridized carbons (Fsp3) is 0.938. The van der Waals surface area contributed by atoms with Crippen LogP contribution in [-0.2, 0) is 9.53 Å². The Morgan fingerprint density at radius 2 is 1.95 bits per heavy atom. The summed E-state index contributed by atoms with van der Waals surface area (Å²) in [5.74, 6) is 1.52. The van der Waals surface area contributed by atoms with E-state index in [2.05, 4.69) is 25.7 Å². The van der Waals surface area contributed by atoms with Gasteiger partial charge in [-0.25, -0.2) is 0 Å². The number of carbonyl (C=O) groups excluding carboxylic acids is 1. The molecule has 2 rings (SSSR count). The first-order chi connectivity index (χ1) is 8.97. The quantitative estimate of drug-likeness (QED) is 0.787. The maximum absolute atomic E-state index is 12.1. The molecule has 1 saturated carbocycles. The highest BCUT2D eigenvalue weighted by Crippen LogP contribution is 2.39. The number of ether oxygens (including phenoxy) is 1. The van der Waals surface area contributed by atoms with Gasteiger partial charge in [0.05, 0.1) is 13.2 Å². The number of carbonyl (C=O) groups is 1. The molecule has 0 aromatic rings. The minimum atomic E-state index is 0.306. The first-order valence-corrected chi connectivity index (χ1v) is 7.79. The molecular formula is C16H29NO2. The van der Waals surface area contributed by atoms with Gasteiger partial charge in [0, 0.05) is 25.4 Å². The van der Waals surface area contributed by atoms with E-state index in [1.165, 1.54) is 0 Å². The van der Waals surface area contributed by atoms with Gasteiger partial charge in [-0.1, -0.05) is 20.8 Å². The maximum atomic E-state index is 12.1. The summed E-state index contributed by atoms with van der Waals surface area (Å²) in [7, 11) is 0. The largest absolute Gasteiger partial charge is 0.379 e. The molecule has 3 nitrogen and oxygen atoms in total. The Morgan fingerprint density at radius 3 is 2.58 bits per heavy atom. The lowest BCUT2D eigenvalue weighted by atomic mass is 9.68. The predicted molar refractivity (Wildman–Crippen MR) is 77.2 cm³/mol. The number of Topliss-reactive ketones (excluding diaryl/α,β-unsaturated/α-hetero) is 1. The van der Waals surface area contributed by atoms with E-state index >= 15 is 0 Å². The van der Waals surface area contributed by atoms with E-state index in [-0.39, 0.29) is 0 Å². The fourth-order valence-corrected chi connectivity index (χ4v) is 3.34. The van der Waals surface area contributed by atoms with Gasteiger partial charge in [-0.15, -0.1) is 0 Å². The Bertz CT molecular complexity index is 302. The predicted octanol–water partition coefficient (Wildman–Crippen LogP) is 2.74. The average Bonchev–Trinajstić information content (AvgIpc) is 2.37. The van der Waals surface area contributed by atoms with Crippen molar-refractivity contribution in [2.24, 2.45) is 17.3 Å². The van der Waals surface area contributed by atoms with Crippen molar-refractivity contribution < 1.29 is 9.53 Å². The first-order valence-electron chi connectivity index (χ1n) is 7.79.